The van der Waals surface area contributed by atoms with Gasteiger partial charge in [-0.2, -0.15) is 0 Å². The third-order valence-corrected chi connectivity index (χ3v) is 5.58. The van der Waals surface area contributed by atoms with E-state index in [0.29, 0.717) is 11.6 Å². The first-order chi connectivity index (χ1) is 11.9. The van der Waals surface area contributed by atoms with E-state index >= 15 is 0 Å². The molecular weight excluding hydrogens is 323 g/mol. The van der Waals surface area contributed by atoms with Gasteiger partial charge in [-0.05, 0) is 30.7 Å². The minimum atomic E-state index is -0.319. The summed E-state index contributed by atoms with van der Waals surface area (Å²) >= 11 is 0. The van der Waals surface area contributed by atoms with Crippen LogP contribution in [0.15, 0.2) is 30.5 Å². The minimum Gasteiger partial charge on any atom is -0.377 e. The summed E-state index contributed by atoms with van der Waals surface area (Å²) in [6.07, 6.45) is 2.79. The second-order valence-electron chi connectivity index (χ2n) is 7.45. The van der Waals surface area contributed by atoms with Gasteiger partial charge in [0.05, 0.1) is 18.0 Å². The highest BCUT2D eigenvalue weighted by Gasteiger charge is 2.61. The van der Waals surface area contributed by atoms with E-state index < -0.39 is 0 Å². The first-order valence-corrected chi connectivity index (χ1v) is 8.46. The Bertz CT molecular complexity index is 802. The summed E-state index contributed by atoms with van der Waals surface area (Å²) < 4.78 is 20.3. The number of hydrogen-bond acceptors (Lipinski definition) is 4. The van der Waals surface area contributed by atoms with Crippen molar-refractivity contribution in [3.05, 3.63) is 42.0 Å². The molecule has 1 aliphatic carbocycles. The van der Waals surface area contributed by atoms with E-state index in [1.165, 1.54) is 16.8 Å². The molecule has 25 heavy (non-hydrogen) atoms. The van der Waals surface area contributed by atoms with Crippen LogP contribution >= 0.6 is 0 Å². The Kier molecular flexibility index (Phi) is 3.64. The molecule has 7 heteroatoms. The van der Waals surface area contributed by atoms with Gasteiger partial charge in [0, 0.05) is 31.0 Å². The molecular formula is C18H21FN4O2. The zero-order chi connectivity index (χ0) is 17.8. The number of carbonyl (C=O) groups is 1. The molecule has 0 radical (unpaired) electrons. The van der Waals surface area contributed by atoms with Gasteiger partial charge in [0.2, 0.25) is 0 Å². The average molecular weight is 344 g/mol. The van der Waals surface area contributed by atoms with E-state index in [0.717, 1.165) is 13.0 Å². The first kappa shape index (κ1) is 16.2. The molecule has 132 valence electrons. The van der Waals surface area contributed by atoms with Gasteiger partial charge >= 0.3 is 0 Å². The van der Waals surface area contributed by atoms with Crippen molar-refractivity contribution in [2.24, 2.45) is 11.3 Å². The van der Waals surface area contributed by atoms with E-state index in [1.807, 2.05) is 7.05 Å². The summed E-state index contributed by atoms with van der Waals surface area (Å²) in [6, 6.07) is 6.02. The minimum absolute atomic E-state index is 0.0709. The van der Waals surface area contributed by atoms with Crippen LogP contribution in [0.5, 0.6) is 0 Å². The Morgan fingerprint density at radius 2 is 2.08 bits per heavy atom. The number of benzene rings is 1. The highest BCUT2D eigenvalue weighted by molar-refractivity contribution is 5.92. The third kappa shape index (κ3) is 2.45. The van der Waals surface area contributed by atoms with E-state index in [2.05, 4.69) is 24.2 Å². The Labute approximate surface area is 145 Å². The van der Waals surface area contributed by atoms with E-state index in [1.54, 1.807) is 23.2 Å². The second kappa shape index (κ2) is 5.62. The molecule has 0 unspecified atom stereocenters. The van der Waals surface area contributed by atoms with Crippen LogP contribution in [0.3, 0.4) is 0 Å². The summed E-state index contributed by atoms with van der Waals surface area (Å²) in [5.41, 5.74) is 0.868. The van der Waals surface area contributed by atoms with Crippen LogP contribution < -0.4 is 0 Å². The molecule has 4 rings (SSSR count). The molecule has 1 aromatic heterocycles. The number of hydrogen-bond donors (Lipinski definition) is 0. The maximum atomic E-state index is 13.0. The van der Waals surface area contributed by atoms with Gasteiger partial charge in [0.15, 0.2) is 5.69 Å². The van der Waals surface area contributed by atoms with Crippen molar-refractivity contribution in [2.45, 2.75) is 32.4 Å². The number of carbonyl (C=O) groups excluding carboxylic acids is 1. The number of rotatable bonds is 3. The number of amides is 1. The van der Waals surface area contributed by atoms with Crippen molar-refractivity contribution in [2.75, 3.05) is 13.7 Å². The molecule has 2 heterocycles. The van der Waals surface area contributed by atoms with Crippen molar-refractivity contribution < 1.29 is 13.9 Å². The molecule has 1 saturated heterocycles. The van der Waals surface area contributed by atoms with Gasteiger partial charge in [0.25, 0.3) is 5.91 Å². The lowest BCUT2D eigenvalue weighted by Gasteiger charge is -2.57. The lowest BCUT2D eigenvalue weighted by molar-refractivity contribution is -0.139. The molecule has 1 aromatic carbocycles. The van der Waals surface area contributed by atoms with Gasteiger partial charge < -0.3 is 9.64 Å². The van der Waals surface area contributed by atoms with Gasteiger partial charge in [-0.1, -0.05) is 19.1 Å². The molecule has 2 fully saturated rings. The van der Waals surface area contributed by atoms with Gasteiger partial charge in [-0.3, -0.25) is 4.79 Å². The molecule has 1 amide bonds. The molecule has 1 saturated carbocycles. The number of aromatic nitrogens is 3. The number of ether oxygens (including phenoxy) is 1. The fourth-order valence-electron chi connectivity index (χ4n) is 4.47. The largest absolute Gasteiger partial charge is 0.377 e. The summed E-state index contributed by atoms with van der Waals surface area (Å²) in [4.78, 5) is 14.6. The molecule has 2 aromatic rings. The summed E-state index contributed by atoms with van der Waals surface area (Å²) in [6.45, 7) is 5.05. The van der Waals surface area contributed by atoms with Gasteiger partial charge in [-0.25, -0.2) is 9.07 Å². The fourth-order valence-corrected chi connectivity index (χ4v) is 4.47. The molecule has 3 atom stereocenters. The van der Waals surface area contributed by atoms with Crippen LogP contribution in [-0.4, -0.2) is 51.6 Å². The number of halogens is 1. The first-order valence-electron chi connectivity index (χ1n) is 8.46. The number of fused-ring (bicyclic) bond motifs is 1. The van der Waals surface area contributed by atoms with Crippen molar-refractivity contribution in [3.8, 4) is 5.69 Å². The van der Waals surface area contributed by atoms with E-state index in [9.17, 15) is 9.18 Å². The predicted octanol–water partition coefficient (Wildman–Crippen LogP) is 2.29. The Morgan fingerprint density at radius 1 is 1.36 bits per heavy atom. The van der Waals surface area contributed by atoms with Crippen molar-refractivity contribution in [1.29, 1.82) is 0 Å². The average Bonchev–Trinajstić information content (AvgIpc) is 3.23. The molecule has 0 spiro atoms. The zero-order valence-electron chi connectivity index (χ0n) is 14.5. The topological polar surface area (TPSA) is 60.2 Å². The summed E-state index contributed by atoms with van der Waals surface area (Å²) in [5.74, 6) is -0.0895. The van der Waals surface area contributed by atoms with E-state index in [4.69, 9.17) is 4.74 Å². The molecule has 0 bridgehead atoms. The Hall–Kier alpha value is -2.28. The summed E-state index contributed by atoms with van der Waals surface area (Å²) in [5, 5.41) is 8.00. The van der Waals surface area contributed by atoms with Crippen molar-refractivity contribution in [3.63, 3.8) is 0 Å². The fraction of sp³-hybridized carbons (Fsp3) is 0.500. The van der Waals surface area contributed by atoms with Crippen molar-refractivity contribution in [1.82, 2.24) is 19.9 Å². The third-order valence-electron chi connectivity index (χ3n) is 5.58. The quantitative estimate of drug-likeness (QED) is 0.857. The highest BCUT2D eigenvalue weighted by atomic mass is 19.1. The van der Waals surface area contributed by atoms with Crippen LogP contribution in [0.2, 0.25) is 0 Å². The zero-order valence-corrected chi connectivity index (χ0v) is 14.5. The Balaban J connectivity index is 1.54. The van der Waals surface area contributed by atoms with Crippen LogP contribution in [0.25, 0.3) is 5.69 Å². The number of nitrogens with zero attached hydrogens (tertiary/aromatic N) is 4. The normalized spacial score (nSPS) is 26.8. The summed E-state index contributed by atoms with van der Waals surface area (Å²) in [7, 11) is 1.82. The van der Waals surface area contributed by atoms with Crippen LogP contribution in [0.1, 0.15) is 30.8 Å². The van der Waals surface area contributed by atoms with Crippen LogP contribution in [0, 0.1) is 17.2 Å². The standard InChI is InChI=1S/C18H21FN4O2/c1-18(2)15(13-8-9-25-16(13)18)22(3)17(24)14-10-23(21-20-14)12-6-4-11(19)5-7-12/h4-7,10,13,15-16H,8-9H2,1-3H3/t13-,15-,16+/m1/s1. The maximum Gasteiger partial charge on any atom is 0.276 e. The Morgan fingerprint density at radius 3 is 2.80 bits per heavy atom. The van der Waals surface area contributed by atoms with Crippen LogP contribution in [0.4, 0.5) is 4.39 Å². The highest BCUT2D eigenvalue weighted by Crippen LogP contribution is 2.54. The molecule has 2 aliphatic rings. The smallest absolute Gasteiger partial charge is 0.276 e. The second-order valence-corrected chi connectivity index (χ2v) is 7.45. The lowest BCUT2D eigenvalue weighted by Crippen LogP contribution is -2.66. The molecule has 6 nitrogen and oxygen atoms in total. The van der Waals surface area contributed by atoms with Crippen LogP contribution in [-0.2, 0) is 4.74 Å². The monoisotopic (exact) mass is 344 g/mol. The SMILES string of the molecule is CN(C(=O)c1cn(-c2ccc(F)cc2)nn1)[C@@H]1[C@H]2CCO[C@@H]2C1(C)C. The van der Waals surface area contributed by atoms with E-state index in [-0.39, 0.29) is 35.0 Å². The molecule has 1 aliphatic heterocycles. The van der Waals surface area contributed by atoms with Gasteiger partial charge in [-0.15, -0.1) is 5.10 Å². The molecule has 0 N–H and O–H groups in total. The maximum absolute atomic E-state index is 13.0. The van der Waals surface area contributed by atoms with Gasteiger partial charge in [0.1, 0.15) is 5.82 Å². The predicted molar refractivity (Wildman–Crippen MR) is 88.8 cm³/mol. The lowest BCUT2D eigenvalue weighted by atomic mass is 9.57. The van der Waals surface area contributed by atoms with Crippen molar-refractivity contribution >= 4 is 5.91 Å².